The van der Waals surface area contributed by atoms with Crippen molar-refractivity contribution in [3.63, 3.8) is 0 Å². The average molecular weight is 446 g/mol. The molecule has 0 spiro atoms. The summed E-state index contributed by atoms with van der Waals surface area (Å²) in [5.74, 6) is -0.345. The number of rotatable bonds is 6. The van der Waals surface area contributed by atoms with Gasteiger partial charge in [-0.05, 0) is 36.8 Å². The van der Waals surface area contributed by atoms with Crippen LogP contribution in [0, 0.1) is 5.82 Å². The van der Waals surface area contributed by atoms with Crippen molar-refractivity contribution in [3.8, 4) is 0 Å². The van der Waals surface area contributed by atoms with Crippen LogP contribution in [0.15, 0.2) is 52.4 Å². The standard InChI is InChI=1S/C20H17ClFN5O2S/c1-2-9-26-18(29)13-10-12(22)7-8-16(13)27-19(26)24-25-20(27)30-11-17(28)23-15-6-4-3-5-14(15)21/h3-8,10H,2,9,11H2,1H3,(H,23,28). The summed E-state index contributed by atoms with van der Waals surface area (Å²) in [5.41, 5.74) is 0.690. The Morgan fingerprint density at radius 1 is 1.23 bits per heavy atom. The van der Waals surface area contributed by atoms with Crippen molar-refractivity contribution in [3.05, 3.63) is 63.7 Å². The van der Waals surface area contributed by atoms with E-state index >= 15 is 0 Å². The summed E-state index contributed by atoms with van der Waals surface area (Å²) in [7, 11) is 0. The molecule has 0 unspecified atom stereocenters. The number of nitrogens with zero attached hydrogens (tertiary/aromatic N) is 4. The number of carbonyl (C=O) groups excluding carboxylic acids is 1. The number of fused-ring (bicyclic) bond motifs is 3. The lowest BCUT2D eigenvalue weighted by Crippen LogP contribution is -2.23. The number of carbonyl (C=O) groups is 1. The van der Waals surface area contributed by atoms with E-state index in [4.69, 9.17) is 11.6 Å². The highest BCUT2D eigenvalue weighted by Gasteiger charge is 2.18. The molecular weight excluding hydrogens is 429 g/mol. The molecule has 0 fully saturated rings. The van der Waals surface area contributed by atoms with Crippen LogP contribution in [0.25, 0.3) is 16.7 Å². The number of aryl methyl sites for hydroxylation is 1. The quantitative estimate of drug-likeness (QED) is 0.454. The molecule has 0 aliphatic rings. The minimum Gasteiger partial charge on any atom is -0.324 e. The van der Waals surface area contributed by atoms with E-state index in [1.165, 1.54) is 34.5 Å². The maximum atomic E-state index is 13.8. The summed E-state index contributed by atoms with van der Waals surface area (Å²) < 4.78 is 17.0. The van der Waals surface area contributed by atoms with E-state index < -0.39 is 5.82 Å². The third-order valence-electron chi connectivity index (χ3n) is 4.46. The smallest absolute Gasteiger partial charge is 0.262 e. The molecule has 0 aliphatic carbocycles. The molecule has 1 amide bonds. The number of hydrogen-bond donors (Lipinski definition) is 1. The summed E-state index contributed by atoms with van der Waals surface area (Å²) in [5, 5.41) is 12.2. The van der Waals surface area contributed by atoms with Gasteiger partial charge in [0.05, 0.1) is 27.4 Å². The van der Waals surface area contributed by atoms with Crippen LogP contribution in [0.2, 0.25) is 5.02 Å². The zero-order valence-corrected chi connectivity index (χ0v) is 17.5. The third-order valence-corrected chi connectivity index (χ3v) is 5.72. The molecule has 154 valence electrons. The number of nitrogens with one attached hydrogen (secondary N) is 1. The molecule has 0 atom stereocenters. The lowest BCUT2D eigenvalue weighted by Gasteiger charge is -2.10. The summed E-state index contributed by atoms with van der Waals surface area (Å²) >= 11 is 7.24. The van der Waals surface area contributed by atoms with Gasteiger partial charge in [0.25, 0.3) is 5.56 Å². The molecule has 2 aromatic carbocycles. The van der Waals surface area contributed by atoms with Crippen LogP contribution in [0.5, 0.6) is 0 Å². The van der Waals surface area contributed by atoms with Crippen LogP contribution in [0.4, 0.5) is 10.1 Å². The molecule has 4 aromatic rings. The second-order valence-electron chi connectivity index (χ2n) is 6.55. The van der Waals surface area contributed by atoms with Crippen LogP contribution in [0.1, 0.15) is 13.3 Å². The number of amides is 1. The van der Waals surface area contributed by atoms with Crippen molar-refractivity contribution in [1.82, 2.24) is 19.2 Å². The summed E-state index contributed by atoms with van der Waals surface area (Å²) in [6, 6.07) is 11.0. The minimum absolute atomic E-state index is 0.0572. The van der Waals surface area contributed by atoms with E-state index in [1.54, 1.807) is 28.7 Å². The van der Waals surface area contributed by atoms with Gasteiger partial charge in [-0.1, -0.05) is 42.4 Å². The van der Waals surface area contributed by atoms with E-state index in [-0.39, 0.29) is 22.6 Å². The molecule has 2 aromatic heterocycles. The van der Waals surface area contributed by atoms with Gasteiger partial charge >= 0.3 is 0 Å². The highest BCUT2D eigenvalue weighted by Crippen LogP contribution is 2.24. The molecule has 0 saturated heterocycles. The Hall–Kier alpha value is -2.91. The number of anilines is 1. The predicted octanol–water partition coefficient (Wildman–Crippen LogP) is 3.98. The van der Waals surface area contributed by atoms with Crippen LogP contribution in [-0.2, 0) is 11.3 Å². The molecule has 2 heterocycles. The van der Waals surface area contributed by atoms with Gasteiger partial charge < -0.3 is 5.32 Å². The summed E-state index contributed by atoms with van der Waals surface area (Å²) in [6.45, 7) is 2.36. The third kappa shape index (κ3) is 3.78. The number of thioether (sulfide) groups is 1. The first kappa shape index (κ1) is 20.4. The first-order valence-electron chi connectivity index (χ1n) is 9.24. The van der Waals surface area contributed by atoms with Crippen molar-refractivity contribution >= 4 is 51.6 Å². The van der Waals surface area contributed by atoms with Crippen molar-refractivity contribution < 1.29 is 9.18 Å². The topological polar surface area (TPSA) is 81.3 Å². The first-order chi connectivity index (χ1) is 14.5. The van der Waals surface area contributed by atoms with Gasteiger partial charge in [-0.3, -0.25) is 18.6 Å². The van der Waals surface area contributed by atoms with Crippen LogP contribution in [0.3, 0.4) is 0 Å². The van der Waals surface area contributed by atoms with Crippen LogP contribution in [-0.4, -0.2) is 30.8 Å². The van der Waals surface area contributed by atoms with Gasteiger partial charge in [-0.25, -0.2) is 4.39 Å². The molecule has 4 rings (SSSR count). The highest BCUT2D eigenvalue weighted by atomic mass is 35.5. The van der Waals surface area contributed by atoms with Gasteiger partial charge in [0, 0.05) is 6.54 Å². The van der Waals surface area contributed by atoms with Gasteiger partial charge in [0.15, 0.2) is 5.16 Å². The second-order valence-corrected chi connectivity index (χ2v) is 7.90. The molecular formula is C20H17ClFN5O2S. The largest absolute Gasteiger partial charge is 0.324 e. The van der Waals surface area contributed by atoms with E-state index in [1.807, 2.05) is 6.92 Å². The Bertz CT molecular complexity index is 1320. The zero-order chi connectivity index (χ0) is 21.3. The predicted molar refractivity (Wildman–Crippen MR) is 116 cm³/mol. The molecule has 0 radical (unpaired) electrons. The molecule has 0 aliphatic heterocycles. The van der Waals surface area contributed by atoms with E-state index in [2.05, 4.69) is 15.5 Å². The molecule has 7 nitrogen and oxygen atoms in total. The zero-order valence-electron chi connectivity index (χ0n) is 15.9. The Morgan fingerprint density at radius 2 is 2.03 bits per heavy atom. The Kier molecular flexibility index (Phi) is 5.74. The first-order valence-corrected chi connectivity index (χ1v) is 10.6. The van der Waals surface area contributed by atoms with Crippen LogP contribution >= 0.6 is 23.4 Å². The van der Waals surface area contributed by atoms with Crippen molar-refractivity contribution in [2.75, 3.05) is 11.1 Å². The summed E-state index contributed by atoms with van der Waals surface area (Å²) in [4.78, 5) is 25.2. The van der Waals surface area contributed by atoms with Crippen molar-refractivity contribution in [2.45, 2.75) is 25.0 Å². The maximum absolute atomic E-state index is 13.8. The van der Waals surface area contributed by atoms with Gasteiger partial charge in [-0.15, -0.1) is 10.2 Å². The normalized spacial score (nSPS) is 11.3. The van der Waals surface area contributed by atoms with Gasteiger partial charge in [0.1, 0.15) is 5.82 Å². The molecule has 0 saturated carbocycles. The SMILES string of the molecule is CCCn1c(=O)c2cc(F)ccc2n2c(SCC(=O)Nc3ccccc3Cl)nnc12. The van der Waals surface area contributed by atoms with E-state index in [9.17, 15) is 14.0 Å². The number of para-hydroxylation sites is 1. The monoisotopic (exact) mass is 445 g/mol. The molecule has 0 bridgehead atoms. The fourth-order valence-corrected chi connectivity index (χ4v) is 4.08. The van der Waals surface area contributed by atoms with E-state index in [0.29, 0.717) is 40.1 Å². The molecule has 30 heavy (non-hydrogen) atoms. The lowest BCUT2D eigenvalue weighted by atomic mass is 10.2. The Labute approximate surface area is 179 Å². The van der Waals surface area contributed by atoms with Gasteiger partial charge in [-0.2, -0.15) is 0 Å². The number of halogens is 2. The Balaban J connectivity index is 1.70. The highest BCUT2D eigenvalue weighted by molar-refractivity contribution is 7.99. The van der Waals surface area contributed by atoms with Crippen molar-refractivity contribution in [1.29, 1.82) is 0 Å². The van der Waals surface area contributed by atoms with Crippen LogP contribution < -0.4 is 10.9 Å². The van der Waals surface area contributed by atoms with Crippen molar-refractivity contribution in [2.24, 2.45) is 0 Å². The average Bonchev–Trinajstić information content (AvgIpc) is 3.15. The number of benzene rings is 2. The minimum atomic E-state index is -0.497. The van der Waals surface area contributed by atoms with Gasteiger partial charge in [0.2, 0.25) is 11.7 Å². The fourth-order valence-electron chi connectivity index (χ4n) is 3.16. The maximum Gasteiger partial charge on any atom is 0.262 e. The lowest BCUT2D eigenvalue weighted by molar-refractivity contribution is -0.113. The molecule has 10 heteroatoms. The fraction of sp³-hybridized carbons (Fsp3) is 0.200. The number of aromatic nitrogens is 4. The number of hydrogen-bond acceptors (Lipinski definition) is 5. The molecule has 1 N–H and O–H groups in total. The van der Waals surface area contributed by atoms with E-state index in [0.717, 1.165) is 0 Å². The summed E-state index contributed by atoms with van der Waals surface area (Å²) in [6.07, 6.45) is 0.700. The Morgan fingerprint density at radius 3 is 2.80 bits per heavy atom. The second kappa shape index (κ2) is 8.45.